The van der Waals surface area contributed by atoms with Gasteiger partial charge in [-0.25, -0.2) is 4.39 Å². The number of nitrogens with one attached hydrogen (secondary N) is 1. The van der Waals surface area contributed by atoms with E-state index in [0.717, 1.165) is 12.8 Å². The van der Waals surface area contributed by atoms with Gasteiger partial charge in [-0.2, -0.15) is 0 Å². The number of halogens is 1. The highest BCUT2D eigenvalue weighted by Gasteiger charge is 2.55. The normalized spacial score (nSPS) is 34.7. The second-order valence-electron chi connectivity index (χ2n) is 7.89. The third-order valence-electron chi connectivity index (χ3n) is 5.94. The van der Waals surface area contributed by atoms with Crippen molar-refractivity contribution in [1.82, 2.24) is 14.8 Å². The molecule has 3 aliphatic rings. The number of nitrogens with zero attached hydrogens (tertiary/aromatic N) is 2. The number of carbonyl (C=O) groups excluding carboxylic acids is 1. The Balaban J connectivity index is 1.79. The minimum Gasteiger partial charge on any atom is -0.376 e. The van der Waals surface area contributed by atoms with Crippen molar-refractivity contribution in [3.8, 4) is 0 Å². The molecule has 0 aromatic carbocycles. The highest BCUT2D eigenvalue weighted by molar-refractivity contribution is 5.82. The van der Waals surface area contributed by atoms with E-state index in [4.69, 9.17) is 10.5 Å². The summed E-state index contributed by atoms with van der Waals surface area (Å²) in [5.41, 5.74) is 4.84. The maximum Gasteiger partial charge on any atom is 0.251 e. The first-order chi connectivity index (χ1) is 12.3. The topological polar surface area (TPSA) is 89.6 Å². The highest BCUT2D eigenvalue weighted by Crippen LogP contribution is 2.42. The van der Waals surface area contributed by atoms with Gasteiger partial charge in [-0.3, -0.25) is 20.6 Å². The fourth-order valence-electron chi connectivity index (χ4n) is 4.12. The van der Waals surface area contributed by atoms with Crippen molar-refractivity contribution in [2.24, 2.45) is 17.6 Å². The lowest BCUT2D eigenvalue weighted by Crippen LogP contribution is -2.73. The summed E-state index contributed by atoms with van der Waals surface area (Å²) >= 11 is 0. The van der Waals surface area contributed by atoms with E-state index in [1.54, 1.807) is 7.05 Å². The summed E-state index contributed by atoms with van der Waals surface area (Å²) < 4.78 is 22.3. The van der Waals surface area contributed by atoms with E-state index in [1.807, 2.05) is 6.92 Å². The standard InChI is InChI=1S/C18H25FN4O3/c1-10-5-13-16(25)22(2)17(20)21-18(13,9-26-10)12-6-15(24)23(8-14(12)19)7-11-3-4-11/h6,8,10-11,13,17,21H,3-5,7,9,20H2,1-2H3/t10-,13-,17?,18+/m0/s1. The van der Waals surface area contributed by atoms with Crippen LogP contribution in [-0.4, -0.2) is 41.4 Å². The largest absolute Gasteiger partial charge is 0.376 e. The SMILES string of the molecule is C[C@H]1C[C@H]2C(=O)N(C)C(N)N[C@@]2(c2cc(=O)n(CC3CC3)cc2F)CO1. The summed E-state index contributed by atoms with van der Waals surface area (Å²) in [5, 5.41) is 3.16. The lowest BCUT2D eigenvalue weighted by molar-refractivity contribution is -0.164. The monoisotopic (exact) mass is 364 g/mol. The van der Waals surface area contributed by atoms with Gasteiger partial charge in [0.2, 0.25) is 5.91 Å². The number of hydrogen-bond donors (Lipinski definition) is 2. The van der Waals surface area contributed by atoms with E-state index in [-0.39, 0.29) is 29.7 Å². The van der Waals surface area contributed by atoms with Gasteiger partial charge in [0.15, 0.2) is 0 Å². The van der Waals surface area contributed by atoms with E-state index in [1.165, 1.54) is 21.7 Å². The number of amides is 1. The average Bonchev–Trinajstić information content (AvgIpc) is 3.41. The van der Waals surface area contributed by atoms with Gasteiger partial charge < -0.3 is 14.2 Å². The zero-order chi connectivity index (χ0) is 18.6. The molecule has 3 heterocycles. The molecule has 1 saturated carbocycles. The van der Waals surface area contributed by atoms with Gasteiger partial charge in [-0.05, 0) is 32.1 Å². The van der Waals surface area contributed by atoms with Gasteiger partial charge in [0.05, 0.1) is 24.2 Å². The minimum absolute atomic E-state index is 0.0924. The third-order valence-corrected chi connectivity index (χ3v) is 5.94. The van der Waals surface area contributed by atoms with Crippen LogP contribution in [-0.2, 0) is 21.6 Å². The van der Waals surface area contributed by atoms with Crippen molar-refractivity contribution in [3.63, 3.8) is 0 Å². The van der Waals surface area contributed by atoms with Crippen molar-refractivity contribution in [3.05, 3.63) is 34.0 Å². The number of pyridine rings is 1. The van der Waals surface area contributed by atoms with Crippen LogP contribution in [0.25, 0.3) is 0 Å². The molecule has 142 valence electrons. The first kappa shape index (κ1) is 17.6. The molecule has 26 heavy (non-hydrogen) atoms. The first-order valence-electron chi connectivity index (χ1n) is 9.14. The predicted molar refractivity (Wildman–Crippen MR) is 92.5 cm³/mol. The molecule has 1 unspecified atom stereocenters. The third kappa shape index (κ3) is 2.76. The smallest absolute Gasteiger partial charge is 0.251 e. The Labute approximate surface area is 151 Å². The summed E-state index contributed by atoms with van der Waals surface area (Å²) in [4.78, 5) is 26.8. The molecule has 1 aliphatic carbocycles. The second-order valence-corrected chi connectivity index (χ2v) is 7.89. The number of hydrogen-bond acceptors (Lipinski definition) is 5. The fraction of sp³-hybridized carbons (Fsp3) is 0.667. The molecule has 2 saturated heterocycles. The van der Waals surface area contributed by atoms with Crippen molar-refractivity contribution in [2.75, 3.05) is 13.7 Å². The van der Waals surface area contributed by atoms with Crippen LogP contribution in [0.4, 0.5) is 4.39 Å². The summed E-state index contributed by atoms with van der Waals surface area (Å²) in [6, 6.07) is 1.31. The van der Waals surface area contributed by atoms with Gasteiger partial charge in [-0.15, -0.1) is 0 Å². The predicted octanol–water partition coefficient (Wildman–Crippen LogP) is 0.322. The second kappa shape index (κ2) is 6.14. The Bertz CT molecular complexity index is 793. The molecule has 1 aromatic heterocycles. The molecule has 2 aliphatic heterocycles. The molecule has 0 radical (unpaired) electrons. The van der Waals surface area contributed by atoms with Gasteiger partial charge in [0.25, 0.3) is 5.56 Å². The number of rotatable bonds is 3. The van der Waals surface area contributed by atoms with Crippen molar-refractivity contribution in [2.45, 2.75) is 50.7 Å². The van der Waals surface area contributed by atoms with E-state index >= 15 is 4.39 Å². The molecule has 0 spiro atoms. The molecular formula is C18H25FN4O3. The Morgan fingerprint density at radius 3 is 2.85 bits per heavy atom. The zero-order valence-corrected chi connectivity index (χ0v) is 15.1. The van der Waals surface area contributed by atoms with Crippen molar-refractivity contribution in [1.29, 1.82) is 0 Å². The van der Waals surface area contributed by atoms with Crippen LogP contribution in [0, 0.1) is 17.7 Å². The van der Waals surface area contributed by atoms with Crippen LogP contribution >= 0.6 is 0 Å². The van der Waals surface area contributed by atoms with E-state index in [9.17, 15) is 9.59 Å². The summed E-state index contributed by atoms with van der Waals surface area (Å²) in [6.45, 7) is 2.51. The van der Waals surface area contributed by atoms with E-state index in [2.05, 4.69) is 5.32 Å². The number of nitrogens with two attached hydrogens (primary N) is 1. The molecule has 4 rings (SSSR count). The highest BCUT2D eigenvalue weighted by atomic mass is 19.1. The Hall–Kier alpha value is -1.77. The van der Waals surface area contributed by atoms with Crippen LogP contribution in [0.3, 0.4) is 0 Å². The summed E-state index contributed by atoms with van der Waals surface area (Å²) in [6.07, 6.45) is 2.95. The molecular weight excluding hydrogens is 339 g/mol. The lowest BCUT2D eigenvalue weighted by atomic mass is 9.72. The zero-order valence-electron chi connectivity index (χ0n) is 15.1. The molecule has 1 amide bonds. The maximum absolute atomic E-state index is 15.1. The van der Waals surface area contributed by atoms with Crippen LogP contribution < -0.4 is 16.6 Å². The van der Waals surface area contributed by atoms with E-state index < -0.39 is 23.6 Å². The average molecular weight is 364 g/mol. The van der Waals surface area contributed by atoms with Gasteiger partial charge in [-0.1, -0.05) is 0 Å². The Morgan fingerprint density at radius 1 is 1.42 bits per heavy atom. The van der Waals surface area contributed by atoms with Crippen LogP contribution in [0.1, 0.15) is 31.7 Å². The molecule has 0 bridgehead atoms. The van der Waals surface area contributed by atoms with Crippen LogP contribution in [0.5, 0.6) is 0 Å². The number of aromatic nitrogens is 1. The van der Waals surface area contributed by atoms with Crippen molar-refractivity contribution >= 4 is 5.91 Å². The number of ether oxygens (including phenoxy) is 1. The van der Waals surface area contributed by atoms with Gasteiger partial charge in [0, 0.05) is 31.4 Å². The quantitative estimate of drug-likeness (QED) is 0.806. The van der Waals surface area contributed by atoms with Crippen LogP contribution in [0.15, 0.2) is 17.1 Å². The minimum atomic E-state index is -1.13. The Morgan fingerprint density at radius 2 is 2.15 bits per heavy atom. The molecule has 8 heteroatoms. The summed E-state index contributed by atoms with van der Waals surface area (Å²) in [7, 11) is 1.62. The molecule has 7 nitrogen and oxygen atoms in total. The lowest BCUT2D eigenvalue weighted by Gasteiger charge is -2.53. The molecule has 3 N–H and O–H groups in total. The summed E-state index contributed by atoms with van der Waals surface area (Å²) in [5.74, 6) is -0.748. The van der Waals surface area contributed by atoms with Crippen molar-refractivity contribution < 1.29 is 13.9 Å². The van der Waals surface area contributed by atoms with E-state index in [0.29, 0.717) is 18.9 Å². The first-order valence-corrected chi connectivity index (χ1v) is 9.14. The van der Waals surface area contributed by atoms with Gasteiger partial charge in [0.1, 0.15) is 12.1 Å². The number of carbonyl (C=O) groups is 1. The Kier molecular flexibility index (Phi) is 4.17. The van der Waals surface area contributed by atoms with Gasteiger partial charge >= 0.3 is 0 Å². The number of fused-ring (bicyclic) bond motifs is 1. The molecule has 4 atom stereocenters. The van der Waals surface area contributed by atoms with Crippen LogP contribution in [0.2, 0.25) is 0 Å². The maximum atomic E-state index is 15.1. The molecule has 3 fully saturated rings. The molecule has 1 aromatic rings. The fourth-order valence-corrected chi connectivity index (χ4v) is 4.12.